The number of ether oxygens (including phenoxy) is 1. The van der Waals surface area contributed by atoms with Crippen molar-refractivity contribution < 1.29 is 19.1 Å². The largest absolute Gasteiger partial charge is 0.457 e. The van der Waals surface area contributed by atoms with E-state index < -0.39 is 18.5 Å². The summed E-state index contributed by atoms with van der Waals surface area (Å²) in [6, 6.07) is 10.1. The molecule has 3 aromatic rings. The predicted molar refractivity (Wildman–Crippen MR) is 103 cm³/mol. The van der Waals surface area contributed by atoms with Crippen molar-refractivity contribution in [2.24, 2.45) is 12.8 Å². The van der Waals surface area contributed by atoms with Crippen LogP contribution in [0.15, 0.2) is 41.2 Å². The molecule has 0 atom stereocenters. The second kappa shape index (κ2) is 8.13. The lowest BCUT2D eigenvalue weighted by Crippen LogP contribution is -2.23. The number of aromatic nitrogens is 2. The maximum Gasteiger partial charge on any atom is 0.312 e. The van der Waals surface area contributed by atoms with Gasteiger partial charge in [0.1, 0.15) is 0 Å². The van der Waals surface area contributed by atoms with Crippen LogP contribution in [0.5, 0.6) is 0 Å². The first kappa shape index (κ1) is 19.4. The first-order chi connectivity index (χ1) is 13.3. The first-order valence-electron chi connectivity index (χ1n) is 8.36. The summed E-state index contributed by atoms with van der Waals surface area (Å²) in [5.41, 5.74) is 5.27. The molecule has 0 spiro atoms. The number of hydrogen-bond donors (Lipinski definition) is 1. The van der Waals surface area contributed by atoms with Crippen LogP contribution in [0.2, 0.25) is 0 Å². The van der Waals surface area contributed by atoms with E-state index in [1.54, 1.807) is 36.4 Å². The number of primary amides is 1. The Kier molecular flexibility index (Phi) is 5.65. The summed E-state index contributed by atoms with van der Waals surface area (Å²) in [6.45, 7) is -0.418. The summed E-state index contributed by atoms with van der Waals surface area (Å²) < 4.78 is 6.24. The molecule has 9 heteroatoms. The Morgan fingerprint density at radius 1 is 1.11 bits per heavy atom. The third-order valence-corrected chi connectivity index (χ3v) is 5.12. The Morgan fingerprint density at radius 3 is 2.54 bits per heavy atom. The van der Waals surface area contributed by atoms with Crippen molar-refractivity contribution in [2.45, 2.75) is 12.8 Å². The molecule has 2 aromatic heterocycles. The molecule has 1 amide bonds. The number of Topliss-reactive ketones (excluding diaryl/α,β-unsaturated/α-hetero) is 1. The molecule has 144 valence electrons. The Morgan fingerprint density at radius 2 is 1.82 bits per heavy atom. The molecule has 0 bridgehead atoms. The molecule has 0 unspecified atom stereocenters. The highest BCUT2D eigenvalue weighted by Crippen LogP contribution is 2.18. The third-order valence-electron chi connectivity index (χ3n) is 3.99. The second-order valence-corrected chi connectivity index (χ2v) is 7.26. The fraction of sp³-hybridized carbons (Fsp3) is 0.211. The van der Waals surface area contributed by atoms with Crippen LogP contribution in [0.4, 0.5) is 0 Å². The Balaban J connectivity index is 1.66. The van der Waals surface area contributed by atoms with Crippen LogP contribution in [-0.4, -0.2) is 34.0 Å². The molecule has 0 saturated heterocycles. The topological polar surface area (TPSA) is 121 Å². The van der Waals surface area contributed by atoms with E-state index in [0.717, 1.165) is 11.3 Å². The van der Waals surface area contributed by atoms with Crippen molar-refractivity contribution in [3.8, 4) is 0 Å². The number of nitrogens with zero attached hydrogens (tertiary/aromatic N) is 2. The maximum atomic E-state index is 12.2. The van der Waals surface area contributed by atoms with E-state index >= 15 is 0 Å². The smallest absolute Gasteiger partial charge is 0.312 e. The van der Waals surface area contributed by atoms with Gasteiger partial charge in [-0.05, 0) is 18.2 Å². The fourth-order valence-corrected chi connectivity index (χ4v) is 3.65. The van der Waals surface area contributed by atoms with Gasteiger partial charge < -0.3 is 10.5 Å². The van der Waals surface area contributed by atoms with Crippen LogP contribution in [-0.2, 0) is 34.2 Å². The quantitative estimate of drug-likeness (QED) is 0.467. The summed E-state index contributed by atoms with van der Waals surface area (Å²) >= 11 is 1.14. The standard InChI is InChI=1S/C19H17N3O5S/c1-22-19(26)13-5-3-2-4-12(13)14(21-22)9-18(25)27-10-15(23)16-7-6-11(28-16)8-17(20)24/h2-7H,8-10H2,1H3,(H2,20,24). The van der Waals surface area contributed by atoms with Gasteiger partial charge >= 0.3 is 5.97 Å². The van der Waals surface area contributed by atoms with Crippen molar-refractivity contribution in [1.82, 2.24) is 9.78 Å². The van der Waals surface area contributed by atoms with Crippen LogP contribution in [0.3, 0.4) is 0 Å². The van der Waals surface area contributed by atoms with Gasteiger partial charge in [-0.1, -0.05) is 18.2 Å². The Bertz CT molecular complexity index is 1130. The van der Waals surface area contributed by atoms with Crippen LogP contribution >= 0.6 is 11.3 Å². The van der Waals surface area contributed by atoms with Gasteiger partial charge in [-0.2, -0.15) is 5.10 Å². The van der Waals surface area contributed by atoms with Gasteiger partial charge in [0.25, 0.3) is 5.56 Å². The summed E-state index contributed by atoms with van der Waals surface area (Å²) in [5.74, 6) is -1.48. The molecule has 0 fully saturated rings. The van der Waals surface area contributed by atoms with Crippen LogP contribution in [0.1, 0.15) is 20.2 Å². The summed E-state index contributed by atoms with van der Waals surface area (Å²) in [6.07, 6.45) is -0.109. The molecule has 8 nitrogen and oxygen atoms in total. The second-order valence-electron chi connectivity index (χ2n) is 6.09. The summed E-state index contributed by atoms with van der Waals surface area (Å²) in [7, 11) is 1.51. The molecule has 0 aliphatic carbocycles. The Labute approximate surface area is 163 Å². The molecular formula is C19H17N3O5S. The number of amides is 1. The zero-order chi connectivity index (χ0) is 20.3. The van der Waals surface area contributed by atoms with Crippen molar-refractivity contribution in [3.63, 3.8) is 0 Å². The molecule has 0 radical (unpaired) electrons. The number of rotatable bonds is 7. The number of thiophene rings is 1. The molecule has 1 aromatic carbocycles. The highest BCUT2D eigenvalue weighted by Gasteiger charge is 2.16. The minimum atomic E-state index is -0.626. The summed E-state index contributed by atoms with van der Waals surface area (Å²) in [4.78, 5) is 48.4. The van der Waals surface area contributed by atoms with E-state index in [1.807, 2.05) is 0 Å². The highest BCUT2D eigenvalue weighted by atomic mass is 32.1. The van der Waals surface area contributed by atoms with Crippen LogP contribution in [0, 0.1) is 0 Å². The van der Waals surface area contributed by atoms with Crippen molar-refractivity contribution in [3.05, 3.63) is 62.2 Å². The van der Waals surface area contributed by atoms with Crippen molar-refractivity contribution in [1.29, 1.82) is 0 Å². The van der Waals surface area contributed by atoms with Gasteiger partial charge in [0, 0.05) is 17.3 Å². The number of nitrogens with two attached hydrogens (primary N) is 1. The molecule has 0 saturated carbocycles. The molecule has 2 heterocycles. The zero-order valence-electron chi connectivity index (χ0n) is 15.0. The SMILES string of the molecule is Cn1nc(CC(=O)OCC(=O)c2ccc(CC(N)=O)s2)c2ccccc2c1=O. The number of ketones is 1. The molecule has 28 heavy (non-hydrogen) atoms. The fourth-order valence-electron chi connectivity index (χ4n) is 2.71. The number of carbonyl (C=O) groups excluding carboxylic acids is 3. The van der Waals surface area contributed by atoms with Gasteiger partial charge in [-0.15, -0.1) is 11.3 Å². The van der Waals surface area contributed by atoms with Gasteiger partial charge in [0.05, 0.1) is 28.8 Å². The molecule has 0 aliphatic heterocycles. The van der Waals surface area contributed by atoms with E-state index in [2.05, 4.69) is 5.10 Å². The van der Waals surface area contributed by atoms with Crippen molar-refractivity contribution in [2.75, 3.05) is 6.61 Å². The molecular weight excluding hydrogens is 382 g/mol. The minimum absolute atomic E-state index is 0.0587. The molecule has 2 N–H and O–H groups in total. The number of fused-ring (bicyclic) bond motifs is 1. The maximum absolute atomic E-state index is 12.2. The monoisotopic (exact) mass is 399 g/mol. The zero-order valence-corrected chi connectivity index (χ0v) is 15.8. The van der Waals surface area contributed by atoms with E-state index in [1.165, 1.54) is 11.7 Å². The van der Waals surface area contributed by atoms with E-state index in [4.69, 9.17) is 10.5 Å². The lowest BCUT2D eigenvalue weighted by molar-refractivity contribution is -0.141. The predicted octanol–water partition coefficient (Wildman–Crippen LogP) is 0.991. The van der Waals surface area contributed by atoms with Gasteiger partial charge in [-0.3, -0.25) is 19.2 Å². The van der Waals surface area contributed by atoms with Crippen molar-refractivity contribution >= 4 is 39.8 Å². The summed E-state index contributed by atoms with van der Waals surface area (Å²) in [5, 5.41) is 5.16. The average Bonchev–Trinajstić information content (AvgIpc) is 3.12. The number of aryl methyl sites for hydroxylation is 1. The molecule has 0 aliphatic rings. The normalized spacial score (nSPS) is 10.8. The lowest BCUT2D eigenvalue weighted by atomic mass is 10.1. The van der Waals surface area contributed by atoms with E-state index in [9.17, 15) is 19.2 Å². The lowest BCUT2D eigenvalue weighted by Gasteiger charge is -2.08. The minimum Gasteiger partial charge on any atom is -0.457 e. The van der Waals surface area contributed by atoms with Crippen LogP contribution in [0.25, 0.3) is 10.8 Å². The highest BCUT2D eigenvalue weighted by molar-refractivity contribution is 7.14. The Hall–Kier alpha value is -3.33. The number of benzene rings is 1. The van der Waals surface area contributed by atoms with E-state index in [-0.39, 0.29) is 24.2 Å². The molecule has 3 rings (SSSR count). The number of carbonyl (C=O) groups is 3. The number of esters is 1. The van der Waals surface area contributed by atoms with Gasteiger partial charge in [0.2, 0.25) is 11.7 Å². The van der Waals surface area contributed by atoms with Crippen LogP contribution < -0.4 is 11.3 Å². The van der Waals surface area contributed by atoms with Gasteiger partial charge in [-0.25, -0.2) is 4.68 Å². The third kappa shape index (κ3) is 4.32. The first-order valence-corrected chi connectivity index (χ1v) is 9.17. The number of hydrogen-bond acceptors (Lipinski definition) is 7. The average molecular weight is 399 g/mol. The van der Waals surface area contributed by atoms with Gasteiger partial charge in [0.15, 0.2) is 6.61 Å². The van der Waals surface area contributed by atoms with E-state index in [0.29, 0.717) is 26.2 Å².